The Balaban J connectivity index is 2.00. The van der Waals surface area contributed by atoms with E-state index >= 15 is 0 Å². The van der Waals surface area contributed by atoms with Gasteiger partial charge in [0, 0.05) is 24.1 Å². The molecule has 0 aliphatic carbocycles. The number of halogens is 2. The number of benzene rings is 1. The maximum absolute atomic E-state index is 5.94. The van der Waals surface area contributed by atoms with Crippen molar-refractivity contribution in [1.82, 2.24) is 4.90 Å². The number of hydrogen-bond donors (Lipinski definition) is 0. The van der Waals surface area contributed by atoms with Gasteiger partial charge in [-0.1, -0.05) is 17.7 Å². The Kier molecular flexibility index (Phi) is 4.03. The Morgan fingerprint density at radius 1 is 1.33 bits per heavy atom. The fraction of sp³-hybridized carbons (Fsp3) is 0.455. The van der Waals surface area contributed by atoms with Crippen LogP contribution in [0.25, 0.3) is 0 Å². The second-order valence-corrected chi connectivity index (χ2v) is 4.90. The molecule has 15 heavy (non-hydrogen) atoms. The Hall–Kier alpha value is -0.0900. The molecule has 1 aliphatic heterocycles. The van der Waals surface area contributed by atoms with Crippen LogP contribution in [-0.4, -0.2) is 31.2 Å². The predicted octanol–water partition coefficient (Wildman–Crippen LogP) is 2.93. The van der Waals surface area contributed by atoms with Gasteiger partial charge in [0.15, 0.2) is 0 Å². The van der Waals surface area contributed by atoms with E-state index in [-0.39, 0.29) is 0 Å². The Morgan fingerprint density at radius 2 is 2.07 bits per heavy atom. The van der Waals surface area contributed by atoms with E-state index in [4.69, 9.17) is 16.3 Å². The molecule has 1 aliphatic rings. The van der Waals surface area contributed by atoms with Gasteiger partial charge < -0.3 is 4.74 Å². The fourth-order valence-corrected chi connectivity index (χ4v) is 2.20. The van der Waals surface area contributed by atoms with Crippen molar-refractivity contribution in [3.63, 3.8) is 0 Å². The summed E-state index contributed by atoms with van der Waals surface area (Å²) in [4.78, 5) is 2.39. The van der Waals surface area contributed by atoms with Gasteiger partial charge in [0.05, 0.1) is 18.2 Å². The van der Waals surface area contributed by atoms with Crippen LogP contribution in [-0.2, 0) is 11.3 Å². The third-order valence-corrected chi connectivity index (χ3v) is 3.71. The third kappa shape index (κ3) is 3.18. The zero-order valence-corrected chi connectivity index (χ0v) is 10.7. The molecule has 2 rings (SSSR count). The van der Waals surface area contributed by atoms with Crippen molar-refractivity contribution in [3.05, 3.63) is 33.3 Å². The van der Waals surface area contributed by atoms with Crippen LogP contribution >= 0.6 is 27.5 Å². The molecule has 1 saturated heterocycles. The van der Waals surface area contributed by atoms with Crippen molar-refractivity contribution in [1.29, 1.82) is 0 Å². The van der Waals surface area contributed by atoms with Gasteiger partial charge in [0.1, 0.15) is 0 Å². The molecular weight excluding hydrogens is 277 g/mol. The van der Waals surface area contributed by atoms with Crippen LogP contribution in [0.5, 0.6) is 0 Å². The molecule has 0 atom stereocenters. The molecule has 2 nitrogen and oxygen atoms in total. The lowest BCUT2D eigenvalue weighted by Gasteiger charge is -2.26. The number of hydrogen-bond acceptors (Lipinski definition) is 2. The minimum Gasteiger partial charge on any atom is -0.379 e. The Morgan fingerprint density at radius 3 is 2.73 bits per heavy atom. The summed E-state index contributed by atoms with van der Waals surface area (Å²) < 4.78 is 6.28. The van der Waals surface area contributed by atoms with Gasteiger partial charge in [0.25, 0.3) is 0 Å². The number of rotatable bonds is 2. The standard InChI is InChI=1S/C11H13BrClNO/c12-10-7-9(1-2-11(10)13)8-14-3-5-15-6-4-14/h1-2,7H,3-6,8H2. The summed E-state index contributed by atoms with van der Waals surface area (Å²) in [5.41, 5.74) is 1.29. The molecule has 0 amide bonds. The normalized spacial score (nSPS) is 18.0. The molecule has 0 saturated carbocycles. The van der Waals surface area contributed by atoms with Crippen LogP contribution in [0, 0.1) is 0 Å². The van der Waals surface area contributed by atoms with Crippen molar-refractivity contribution in [2.75, 3.05) is 26.3 Å². The molecule has 0 N–H and O–H groups in total. The predicted molar refractivity (Wildman–Crippen MR) is 65.2 cm³/mol. The van der Waals surface area contributed by atoms with E-state index in [1.165, 1.54) is 5.56 Å². The van der Waals surface area contributed by atoms with E-state index < -0.39 is 0 Å². The van der Waals surface area contributed by atoms with E-state index in [1.54, 1.807) is 0 Å². The molecule has 4 heteroatoms. The number of morpholine rings is 1. The summed E-state index contributed by atoms with van der Waals surface area (Å²) in [5.74, 6) is 0. The number of nitrogens with zero attached hydrogens (tertiary/aromatic N) is 1. The molecule has 1 aromatic rings. The molecule has 0 spiro atoms. The Bertz CT molecular complexity index is 339. The summed E-state index contributed by atoms with van der Waals surface area (Å²) in [6.45, 7) is 4.68. The fourth-order valence-electron chi connectivity index (χ4n) is 1.66. The lowest BCUT2D eigenvalue weighted by atomic mass is 10.2. The van der Waals surface area contributed by atoms with Crippen LogP contribution in [0.4, 0.5) is 0 Å². The highest BCUT2D eigenvalue weighted by molar-refractivity contribution is 9.10. The van der Waals surface area contributed by atoms with Crippen molar-refractivity contribution < 1.29 is 4.74 Å². The number of ether oxygens (including phenoxy) is 1. The van der Waals surface area contributed by atoms with Gasteiger partial charge in [-0.15, -0.1) is 0 Å². The van der Waals surface area contributed by atoms with Gasteiger partial charge in [-0.3, -0.25) is 4.90 Å². The minimum absolute atomic E-state index is 0.765. The Labute approximate surface area is 103 Å². The first kappa shape index (κ1) is 11.4. The lowest BCUT2D eigenvalue weighted by Crippen LogP contribution is -2.35. The minimum atomic E-state index is 0.765. The summed E-state index contributed by atoms with van der Waals surface area (Å²) in [6, 6.07) is 6.09. The van der Waals surface area contributed by atoms with Crippen LogP contribution in [0.2, 0.25) is 5.02 Å². The third-order valence-electron chi connectivity index (χ3n) is 2.49. The van der Waals surface area contributed by atoms with Gasteiger partial charge in [-0.05, 0) is 33.6 Å². The lowest BCUT2D eigenvalue weighted by molar-refractivity contribution is 0.0342. The first-order valence-electron chi connectivity index (χ1n) is 5.00. The van der Waals surface area contributed by atoms with Crippen LogP contribution in [0.15, 0.2) is 22.7 Å². The van der Waals surface area contributed by atoms with Gasteiger partial charge in [-0.2, -0.15) is 0 Å². The summed E-state index contributed by atoms with van der Waals surface area (Å²) in [7, 11) is 0. The highest BCUT2D eigenvalue weighted by atomic mass is 79.9. The van der Waals surface area contributed by atoms with Crippen LogP contribution < -0.4 is 0 Å². The quantitative estimate of drug-likeness (QED) is 0.830. The molecular formula is C11H13BrClNO. The van der Waals surface area contributed by atoms with Crippen LogP contribution in [0.3, 0.4) is 0 Å². The first-order valence-corrected chi connectivity index (χ1v) is 6.17. The molecule has 0 bridgehead atoms. The largest absolute Gasteiger partial charge is 0.379 e. The molecule has 1 aromatic carbocycles. The van der Waals surface area contributed by atoms with E-state index in [2.05, 4.69) is 33.0 Å². The summed E-state index contributed by atoms with van der Waals surface area (Å²) in [6.07, 6.45) is 0. The molecule has 0 unspecified atom stereocenters. The monoisotopic (exact) mass is 289 g/mol. The van der Waals surface area contributed by atoms with E-state index in [1.807, 2.05) is 6.07 Å². The second kappa shape index (κ2) is 5.30. The van der Waals surface area contributed by atoms with Gasteiger partial charge in [0.2, 0.25) is 0 Å². The average Bonchev–Trinajstić information content (AvgIpc) is 2.25. The SMILES string of the molecule is Clc1ccc(CN2CCOCC2)cc1Br. The topological polar surface area (TPSA) is 12.5 Å². The molecule has 1 fully saturated rings. The second-order valence-electron chi connectivity index (χ2n) is 3.64. The zero-order valence-electron chi connectivity index (χ0n) is 8.38. The maximum Gasteiger partial charge on any atom is 0.0594 e. The zero-order chi connectivity index (χ0) is 10.7. The molecule has 0 aromatic heterocycles. The smallest absolute Gasteiger partial charge is 0.0594 e. The van der Waals surface area contributed by atoms with Crippen molar-refractivity contribution in [2.24, 2.45) is 0 Å². The van der Waals surface area contributed by atoms with E-state index in [0.29, 0.717) is 0 Å². The summed E-state index contributed by atoms with van der Waals surface area (Å²) >= 11 is 9.38. The van der Waals surface area contributed by atoms with Gasteiger partial charge >= 0.3 is 0 Å². The molecule has 0 radical (unpaired) electrons. The van der Waals surface area contributed by atoms with E-state index in [9.17, 15) is 0 Å². The van der Waals surface area contributed by atoms with Crippen molar-refractivity contribution in [2.45, 2.75) is 6.54 Å². The average molecular weight is 291 g/mol. The first-order chi connectivity index (χ1) is 7.25. The van der Waals surface area contributed by atoms with Gasteiger partial charge in [-0.25, -0.2) is 0 Å². The van der Waals surface area contributed by atoms with Crippen molar-refractivity contribution in [3.8, 4) is 0 Å². The summed E-state index contributed by atoms with van der Waals surface area (Å²) in [5, 5.41) is 0.765. The molecule has 1 heterocycles. The maximum atomic E-state index is 5.94. The molecule has 82 valence electrons. The van der Waals surface area contributed by atoms with Crippen molar-refractivity contribution >= 4 is 27.5 Å². The van der Waals surface area contributed by atoms with E-state index in [0.717, 1.165) is 42.3 Å². The highest BCUT2D eigenvalue weighted by Gasteiger charge is 2.10. The highest BCUT2D eigenvalue weighted by Crippen LogP contribution is 2.23. The van der Waals surface area contributed by atoms with Crippen LogP contribution in [0.1, 0.15) is 5.56 Å².